The number of fused-ring (bicyclic) bond motifs is 6. The molecule has 264 valence electrons. The van der Waals surface area contributed by atoms with E-state index in [1.807, 2.05) is 31.0 Å². The molecule has 0 bridgehead atoms. The van der Waals surface area contributed by atoms with Gasteiger partial charge < -0.3 is 15.7 Å². The summed E-state index contributed by atoms with van der Waals surface area (Å²) in [5.41, 5.74) is 17.3. The van der Waals surface area contributed by atoms with Crippen molar-refractivity contribution in [1.29, 1.82) is 0 Å². The third-order valence-corrected chi connectivity index (χ3v) is 11.6. The maximum absolute atomic E-state index is 6.11. The number of aromatic nitrogens is 8. The van der Waals surface area contributed by atoms with Crippen molar-refractivity contribution >= 4 is 33.6 Å². The number of nitrogens with one attached hydrogen (secondary N) is 2. The first-order valence-electron chi connectivity index (χ1n) is 18.7. The summed E-state index contributed by atoms with van der Waals surface area (Å²) in [6.07, 6.45) is 16.1. The minimum atomic E-state index is 0.314. The van der Waals surface area contributed by atoms with Gasteiger partial charge in [0.1, 0.15) is 0 Å². The summed E-state index contributed by atoms with van der Waals surface area (Å²) in [4.78, 5) is 27.2. The van der Waals surface area contributed by atoms with Gasteiger partial charge in [0.2, 0.25) is 0 Å². The van der Waals surface area contributed by atoms with Crippen LogP contribution in [0.4, 0.5) is 0 Å². The summed E-state index contributed by atoms with van der Waals surface area (Å²) < 4.78 is 4.53. The molecular formula is C42H46N10. The number of H-pyrrole nitrogens is 2. The molecule has 6 aromatic heterocycles. The van der Waals surface area contributed by atoms with E-state index < -0.39 is 0 Å². The van der Waals surface area contributed by atoms with Crippen molar-refractivity contribution in [2.24, 2.45) is 17.6 Å². The van der Waals surface area contributed by atoms with Crippen LogP contribution >= 0.6 is 0 Å². The molecule has 6 unspecified atom stereocenters. The molecule has 6 heterocycles. The second-order valence-electron chi connectivity index (χ2n) is 15.1. The summed E-state index contributed by atoms with van der Waals surface area (Å²) in [6, 6.07) is 26.7. The van der Waals surface area contributed by atoms with Crippen LogP contribution in [0.25, 0.3) is 33.6 Å². The van der Waals surface area contributed by atoms with Crippen molar-refractivity contribution in [3.8, 4) is 0 Å². The highest BCUT2D eigenvalue weighted by Crippen LogP contribution is 2.43. The third kappa shape index (κ3) is 6.05. The molecule has 4 N–H and O–H groups in total. The standard InChI is InChI=1S/C28H29N5.C14H17N5/c1-20-14-23(32(18-21-8-4-2-5-9-21)19-22-10-6-3-7-11-22)15-24(20)26-16-30-27-17-31-28-25(33(26)27)12-13-29-28;1-8-4-9(15)5-10(8)12-6-17-13-7-18-14-11(19(12)13)2-3-16-14/h2-13,16-17,20,23-24,29H,14-15,18-19H2,1H3;2-3,6-10,16H,4-5,15H2,1H3. The smallest absolute Gasteiger partial charge is 0.156 e. The fourth-order valence-corrected chi connectivity index (χ4v) is 9.09. The molecule has 10 rings (SSSR count). The topological polar surface area (TPSA) is 121 Å². The van der Waals surface area contributed by atoms with Crippen molar-refractivity contribution in [3.05, 3.63) is 132 Å². The molecule has 52 heavy (non-hydrogen) atoms. The zero-order chi connectivity index (χ0) is 35.2. The zero-order valence-corrected chi connectivity index (χ0v) is 29.8. The Morgan fingerprint density at radius 1 is 0.615 bits per heavy atom. The highest BCUT2D eigenvalue weighted by molar-refractivity contribution is 5.75. The number of rotatable bonds is 7. The molecule has 2 fully saturated rings. The van der Waals surface area contributed by atoms with Crippen LogP contribution in [0.5, 0.6) is 0 Å². The van der Waals surface area contributed by atoms with Gasteiger partial charge in [-0.05, 0) is 60.8 Å². The van der Waals surface area contributed by atoms with Crippen LogP contribution in [0.2, 0.25) is 0 Å². The Morgan fingerprint density at radius 3 is 1.62 bits per heavy atom. The van der Waals surface area contributed by atoms with E-state index in [2.05, 4.69) is 131 Å². The number of aromatic amines is 2. The van der Waals surface area contributed by atoms with Crippen molar-refractivity contribution in [2.45, 2.75) is 76.5 Å². The van der Waals surface area contributed by atoms with Gasteiger partial charge in [-0.3, -0.25) is 13.7 Å². The van der Waals surface area contributed by atoms with Gasteiger partial charge in [-0.25, -0.2) is 19.9 Å². The molecule has 2 aliphatic rings. The van der Waals surface area contributed by atoms with Crippen LogP contribution in [0.3, 0.4) is 0 Å². The lowest BCUT2D eigenvalue weighted by molar-refractivity contribution is 0.176. The first kappa shape index (κ1) is 32.6. The fourth-order valence-electron chi connectivity index (χ4n) is 9.09. The second kappa shape index (κ2) is 13.7. The minimum Gasteiger partial charge on any atom is -0.345 e. The largest absolute Gasteiger partial charge is 0.345 e. The van der Waals surface area contributed by atoms with E-state index in [-0.39, 0.29) is 0 Å². The van der Waals surface area contributed by atoms with Gasteiger partial charge in [-0.2, -0.15) is 0 Å². The Bertz CT molecular complexity index is 2380. The van der Waals surface area contributed by atoms with E-state index in [1.165, 1.54) is 28.9 Å². The average molecular weight is 691 g/mol. The lowest BCUT2D eigenvalue weighted by Crippen LogP contribution is -2.32. The third-order valence-electron chi connectivity index (χ3n) is 11.6. The van der Waals surface area contributed by atoms with Crippen molar-refractivity contribution in [2.75, 3.05) is 0 Å². The molecule has 10 nitrogen and oxygen atoms in total. The molecule has 0 amide bonds. The molecule has 0 saturated heterocycles. The first-order valence-corrected chi connectivity index (χ1v) is 18.7. The van der Waals surface area contributed by atoms with Crippen LogP contribution in [-0.4, -0.2) is 55.7 Å². The van der Waals surface area contributed by atoms with E-state index in [1.54, 1.807) is 0 Å². The van der Waals surface area contributed by atoms with Crippen LogP contribution in [0.1, 0.15) is 73.9 Å². The Morgan fingerprint density at radius 2 is 1.12 bits per heavy atom. The van der Waals surface area contributed by atoms with Gasteiger partial charge in [0.05, 0.1) is 23.4 Å². The second-order valence-corrected chi connectivity index (χ2v) is 15.1. The Labute approximate surface area is 303 Å². The quantitative estimate of drug-likeness (QED) is 0.157. The SMILES string of the molecule is CC1CC(N(Cc2ccccc2)Cc2ccccc2)CC1c1cnc2cnc3[nH]ccc3n12.CC1CC(N)CC1c1cnc2cnc3[nH]ccc3n12. The molecule has 0 aliphatic heterocycles. The summed E-state index contributed by atoms with van der Waals surface area (Å²) >= 11 is 0. The lowest BCUT2D eigenvalue weighted by atomic mass is 9.95. The average Bonchev–Trinajstić information content (AvgIpc) is 4.01. The first-order chi connectivity index (χ1) is 25.5. The maximum Gasteiger partial charge on any atom is 0.156 e. The van der Waals surface area contributed by atoms with Crippen molar-refractivity contribution in [3.63, 3.8) is 0 Å². The number of nitrogens with two attached hydrogens (primary N) is 1. The zero-order valence-electron chi connectivity index (χ0n) is 29.8. The molecule has 2 aliphatic carbocycles. The number of nitrogens with zero attached hydrogens (tertiary/aromatic N) is 7. The van der Waals surface area contributed by atoms with E-state index >= 15 is 0 Å². The summed E-state index contributed by atoms with van der Waals surface area (Å²) in [7, 11) is 0. The number of hydrogen-bond donors (Lipinski definition) is 3. The van der Waals surface area contributed by atoms with E-state index in [9.17, 15) is 0 Å². The monoisotopic (exact) mass is 690 g/mol. The van der Waals surface area contributed by atoms with E-state index in [4.69, 9.17) is 10.7 Å². The van der Waals surface area contributed by atoms with Gasteiger partial charge >= 0.3 is 0 Å². The predicted molar refractivity (Wildman–Crippen MR) is 206 cm³/mol. The summed E-state index contributed by atoms with van der Waals surface area (Å²) in [5, 5.41) is 0. The summed E-state index contributed by atoms with van der Waals surface area (Å²) in [6.45, 7) is 6.63. The molecule has 0 radical (unpaired) electrons. The van der Waals surface area contributed by atoms with Crippen LogP contribution in [-0.2, 0) is 13.1 Å². The molecule has 2 saturated carbocycles. The number of imidazole rings is 2. The van der Waals surface area contributed by atoms with Crippen LogP contribution in [0.15, 0.2) is 110 Å². The molecule has 10 heteroatoms. The molecular weight excluding hydrogens is 645 g/mol. The highest BCUT2D eigenvalue weighted by atomic mass is 15.2. The Hall–Kier alpha value is -5.32. The maximum atomic E-state index is 6.11. The van der Waals surface area contributed by atoms with Crippen molar-refractivity contribution in [1.82, 2.24) is 43.6 Å². The van der Waals surface area contributed by atoms with Crippen LogP contribution in [0, 0.1) is 11.8 Å². The van der Waals surface area contributed by atoms with E-state index in [0.717, 1.165) is 66.0 Å². The lowest BCUT2D eigenvalue weighted by Gasteiger charge is -2.29. The minimum absolute atomic E-state index is 0.314. The number of hydrogen-bond acceptors (Lipinski definition) is 6. The fraction of sp³-hybridized carbons (Fsp3) is 0.333. The molecule has 8 aromatic rings. The molecule has 2 aromatic carbocycles. The van der Waals surface area contributed by atoms with Crippen LogP contribution < -0.4 is 5.73 Å². The number of benzene rings is 2. The van der Waals surface area contributed by atoms with Gasteiger partial charge in [0, 0.05) is 73.2 Å². The van der Waals surface area contributed by atoms with Gasteiger partial charge in [0.15, 0.2) is 22.6 Å². The Balaban J connectivity index is 0.000000160. The normalized spacial score (nSPS) is 23.3. The summed E-state index contributed by atoms with van der Waals surface area (Å²) in [5.74, 6) is 2.16. The molecule has 0 spiro atoms. The van der Waals surface area contributed by atoms with E-state index in [0.29, 0.717) is 35.8 Å². The Kier molecular flexibility index (Phi) is 8.56. The van der Waals surface area contributed by atoms with Gasteiger partial charge in [-0.1, -0.05) is 74.5 Å². The van der Waals surface area contributed by atoms with Gasteiger partial charge in [-0.15, -0.1) is 0 Å². The predicted octanol–water partition coefficient (Wildman–Crippen LogP) is 7.85. The van der Waals surface area contributed by atoms with Crippen molar-refractivity contribution < 1.29 is 0 Å². The molecule has 6 atom stereocenters. The van der Waals surface area contributed by atoms with Gasteiger partial charge in [0.25, 0.3) is 0 Å². The highest BCUT2D eigenvalue weighted by Gasteiger charge is 2.37.